The first-order valence-electron chi connectivity index (χ1n) is 11.3. The number of rotatable bonds is 4. The molecule has 6 heteroatoms. The molecule has 5 rings (SSSR count). The molecule has 1 atom stereocenters. The number of aromatic nitrogens is 1. The molecule has 1 aromatic carbocycles. The van der Waals surface area contributed by atoms with E-state index in [4.69, 9.17) is 9.72 Å². The molecule has 160 valence electrons. The molecule has 1 N–H and O–H groups in total. The second kappa shape index (κ2) is 8.25. The van der Waals surface area contributed by atoms with Crippen LogP contribution >= 0.6 is 0 Å². The standard InChI is InChI=1S/C24H31N3O3/c28-20-7-11-26(12-8-20)17-21-15-24(23(29)30-21)9-13-27(14-10-24)16-19-6-5-18-3-1-2-4-22(18)25-19/h1-6,20-21,28H,7-17H2. The number of carbonyl (C=O) groups excluding carboxylic acids is 1. The first kappa shape index (κ1) is 19.9. The second-order valence-electron chi connectivity index (χ2n) is 9.31. The van der Waals surface area contributed by atoms with Crippen LogP contribution in [0.3, 0.4) is 0 Å². The van der Waals surface area contributed by atoms with Crippen molar-refractivity contribution in [1.29, 1.82) is 0 Å². The van der Waals surface area contributed by atoms with E-state index in [1.54, 1.807) is 0 Å². The van der Waals surface area contributed by atoms with Gasteiger partial charge in [0.2, 0.25) is 0 Å². The van der Waals surface area contributed by atoms with E-state index in [-0.39, 0.29) is 23.6 Å². The van der Waals surface area contributed by atoms with E-state index in [1.807, 2.05) is 12.1 Å². The van der Waals surface area contributed by atoms with E-state index in [0.29, 0.717) is 0 Å². The van der Waals surface area contributed by atoms with E-state index < -0.39 is 0 Å². The van der Waals surface area contributed by atoms with Crippen LogP contribution in [0.25, 0.3) is 10.9 Å². The molecule has 0 radical (unpaired) electrons. The van der Waals surface area contributed by atoms with Crippen LogP contribution in [0.5, 0.6) is 0 Å². The summed E-state index contributed by atoms with van der Waals surface area (Å²) in [6.45, 7) is 5.25. The summed E-state index contributed by atoms with van der Waals surface area (Å²) in [5.74, 6) is 0.00743. The molecular weight excluding hydrogens is 378 g/mol. The van der Waals surface area contributed by atoms with Crippen molar-refractivity contribution in [3.05, 3.63) is 42.1 Å². The first-order valence-corrected chi connectivity index (χ1v) is 11.3. The lowest BCUT2D eigenvalue weighted by molar-refractivity contribution is -0.151. The maximum absolute atomic E-state index is 12.8. The molecule has 0 amide bonds. The fraction of sp³-hybridized carbons (Fsp3) is 0.583. The number of esters is 1. The van der Waals surface area contributed by atoms with Gasteiger partial charge in [0.1, 0.15) is 6.10 Å². The van der Waals surface area contributed by atoms with Crippen LogP contribution in [0, 0.1) is 5.41 Å². The van der Waals surface area contributed by atoms with Crippen molar-refractivity contribution in [1.82, 2.24) is 14.8 Å². The fourth-order valence-corrected chi connectivity index (χ4v) is 5.30. The third-order valence-corrected chi connectivity index (χ3v) is 7.20. The number of hydrogen-bond acceptors (Lipinski definition) is 6. The highest BCUT2D eigenvalue weighted by molar-refractivity contribution is 5.79. The molecule has 2 aromatic rings. The Balaban J connectivity index is 1.16. The van der Waals surface area contributed by atoms with Crippen molar-refractivity contribution in [3.63, 3.8) is 0 Å². The van der Waals surface area contributed by atoms with Gasteiger partial charge in [0, 0.05) is 38.0 Å². The lowest BCUT2D eigenvalue weighted by Gasteiger charge is -2.36. The Bertz CT molecular complexity index is 901. The smallest absolute Gasteiger partial charge is 0.312 e. The Morgan fingerprint density at radius 1 is 1.03 bits per heavy atom. The number of carbonyl (C=O) groups is 1. The molecule has 6 nitrogen and oxygen atoms in total. The van der Waals surface area contributed by atoms with Crippen molar-refractivity contribution < 1.29 is 14.6 Å². The molecule has 0 aliphatic carbocycles. The molecule has 3 aliphatic heterocycles. The Hall–Kier alpha value is -2.02. The largest absolute Gasteiger partial charge is 0.461 e. The van der Waals surface area contributed by atoms with Crippen molar-refractivity contribution in [2.75, 3.05) is 32.7 Å². The minimum absolute atomic E-state index is 0.00134. The molecule has 0 bridgehead atoms. The number of nitrogens with zero attached hydrogens (tertiary/aromatic N) is 3. The monoisotopic (exact) mass is 409 g/mol. The van der Waals surface area contributed by atoms with Crippen LogP contribution in [0.15, 0.2) is 36.4 Å². The van der Waals surface area contributed by atoms with E-state index in [2.05, 4.69) is 34.1 Å². The van der Waals surface area contributed by atoms with Gasteiger partial charge >= 0.3 is 5.97 Å². The number of likely N-dealkylation sites (tertiary alicyclic amines) is 2. The SMILES string of the molecule is O=C1OC(CN2CCC(O)CC2)CC12CCN(Cc1ccc3ccccc3n1)CC2. The number of aliphatic hydroxyl groups is 1. The van der Waals surface area contributed by atoms with E-state index in [1.165, 1.54) is 5.39 Å². The minimum Gasteiger partial charge on any atom is -0.461 e. The van der Waals surface area contributed by atoms with Crippen molar-refractivity contribution in [2.24, 2.45) is 5.41 Å². The highest BCUT2D eigenvalue weighted by Gasteiger charge is 2.50. The number of pyridine rings is 1. The summed E-state index contributed by atoms with van der Waals surface area (Å²) < 4.78 is 5.81. The number of aliphatic hydroxyl groups excluding tert-OH is 1. The molecular formula is C24H31N3O3. The highest BCUT2D eigenvalue weighted by atomic mass is 16.6. The van der Waals surface area contributed by atoms with Gasteiger partial charge in [-0.1, -0.05) is 24.3 Å². The molecule has 30 heavy (non-hydrogen) atoms. The van der Waals surface area contributed by atoms with Gasteiger partial charge < -0.3 is 9.84 Å². The average Bonchev–Trinajstić information content (AvgIpc) is 3.06. The zero-order valence-electron chi connectivity index (χ0n) is 17.5. The maximum atomic E-state index is 12.8. The summed E-state index contributed by atoms with van der Waals surface area (Å²) in [4.78, 5) is 22.3. The molecule has 4 heterocycles. The lowest BCUT2D eigenvalue weighted by Crippen LogP contribution is -2.42. The number of ether oxygens (including phenoxy) is 1. The molecule has 3 aliphatic rings. The summed E-state index contributed by atoms with van der Waals surface area (Å²) in [6.07, 6.45) is 4.06. The summed E-state index contributed by atoms with van der Waals surface area (Å²) >= 11 is 0. The van der Waals surface area contributed by atoms with Crippen LogP contribution in [0.4, 0.5) is 0 Å². The predicted octanol–water partition coefficient (Wildman–Crippen LogP) is 2.59. The van der Waals surface area contributed by atoms with E-state index in [0.717, 1.165) is 82.6 Å². The molecule has 3 fully saturated rings. The van der Waals surface area contributed by atoms with Crippen LogP contribution in [0.1, 0.15) is 37.8 Å². The first-order chi connectivity index (χ1) is 14.6. The zero-order valence-corrected chi connectivity index (χ0v) is 17.5. The predicted molar refractivity (Wildman–Crippen MR) is 115 cm³/mol. The van der Waals surface area contributed by atoms with Gasteiger partial charge in [-0.2, -0.15) is 0 Å². The van der Waals surface area contributed by atoms with Gasteiger partial charge in [0.15, 0.2) is 0 Å². The molecule has 1 aromatic heterocycles. The number of benzene rings is 1. The average molecular weight is 410 g/mol. The normalized spacial score (nSPS) is 25.8. The summed E-state index contributed by atoms with van der Waals surface area (Å²) in [5, 5.41) is 10.9. The van der Waals surface area contributed by atoms with Crippen molar-refractivity contribution in [3.8, 4) is 0 Å². The molecule has 1 unspecified atom stereocenters. The molecule has 3 saturated heterocycles. The quantitative estimate of drug-likeness (QED) is 0.783. The number of piperidine rings is 2. The zero-order chi connectivity index (χ0) is 20.6. The van der Waals surface area contributed by atoms with Crippen LogP contribution in [0.2, 0.25) is 0 Å². The van der Waals surface area contributed by atoms with Gasteiger partial charge in [0.05, 0.1) is 22.7 Å². The Kier molecular flexibility index (Phi) is 5.48. The van der Waals surface area contributed by atoms with Crippen molar-refractivity contribution in [2.45, 2.75) is 50.9 Å². The second-order valence-corrected chi connectivity index (χ2v) is 9.31. The third kappa shape index (κ3) is 4.09. The Morgan fingerprint density at radius 2 is 1.80 bits per heavy atom. The topological polar surface area (TPSA) is 65.9 Å². The minimum atomic E-state index is -0.298. The van der Waals surface area contributed by atoms with Crippen LogP contribution < -0.4 is 0 Å². The van der Waals surface area contributed by atoms with Crippen molar-refractivity contribution >= 4 is 16.9 Å². The fourth-order valence-electron chi connectivity index (χ4n) is 5.30. The Labute approximate surface area is 177 Å². The van der Waals surface area contributed by atoms with Gasteiger partial charge in [0.25, 0.3) is 0 Å². The molecule has 0 saturated carbocycles. The number of fused-ring (bicyclic) bond motifs is 1. The third-order valence-electron chi connectivity index (χ3n) is 7.20. The van der Waals surface area contributed by atoms with Gasteiger partial charge in [-0.05, 0) is 50.9 Å². The van der Waals surface area contributed by atoms with E-state index in [9.17, 15) is 9.90 Å². The summed E-state index contributed by atoms with van der Waals surface area (Å²) in [5.41, 5.74) is 1.83. The maximum Gasteiger partial charge on any atom is 0.312 e. The van der Waals surface area contributed by atoms with Gasteiger partial charge in [-0.15, -0.1) is 0 Å². The van der Waals surface area contributed by atoms with Crippen LogP contribution in [-0.4, -0.2) is 70.8 Å². The number of hydrogen-bond donors (Lipinski definition) is 1. The van der Waals surface area contributed by atoms with Gasteiger partial charge in [-0.3, -0.25) is 19.6 Å². The summed E-state index contributed by atoms with van der Waals surface area (Å²) in [6, 6.07) is 12.5. The number of para-hydroxylation sites is 1. The summed E-state index contributed by atoms with van der Waals surface area (Å²) in [7, 11) is 0. The lowest BCUT2D eigenvalue weighted by atomic mass is 9.76. The Morgan fingerprint density at radius 3 is 2.60 bits per heavy atom. The molecule has 1 spiro atoms. The van der Waals surface area contributed by atoms with Gasteiger partial charge in [-0.25, -0.2) is 0 Å². The highest BCUT2D eigenvalue weighted by Crippen LogP contribution is 2.43. The van der Waals surface area contributed by atoms with E-state index >= 15 is 0 Å². The van der Waals surface area contributed by atoms with Crippen LogP contribution in [-0.2, 0) is 16.1 Å². The number of cyclic esters (lactones) is 1.